The Morgan fingerprint density at radius 1 is 1.12 bits per heavy atom. The lowest BCUT2D eigenvalue weighted by Crippen LogP contribution is -2.35. The zero-order valence-corrected chi connectivity index (χ0v) is 13.6. The number of rotatable bonds is 5. The van der Waals surface area contributed by atoms with Gasteiger partial charge in [-0.05, 0) is 24.3 Å². The van der Waals surface area contributed by atoms with Crippen LogP contribution in [0.2, 0.25) is 0 Å². The van der Waals surface area contributed by atoms with Gasteiger partial charge in [-0.1, -0.05) is 17.8 Å². The number of carbonyl (C=O) groups is 2. The van der Waals surface area contributed by atoms with Gasteiger partial charge in [0.15, 0.2) is 0 Å². The summed E-state index contributed by atoms with van der Waals surface area (Å²) in [4.78, 5) is 31.3. The van der Waals surface area contributed by atoms with Crippen molar-refractivity contribution in [1.82, 2.24) is 25.5 Å². The molecule has 0 aliphatic rings. The van der Waals surface area contributed by atoms with Crippen molar-refractivity contribution < 1.29 is 14.0 Å². The second kappa shape index (κ2) is 8.02. The Morgan fingerprint density at radius 2 is 2.04 bits per heavy atom. The summed E-state index contributed by atoms with van der Waals surface area (Å²) in [6.45, 7) is 0. The van der Waals surface area contributed by atoms with Crippen LogP contribution in [0.3, 0.4) is 0 Å². The van der Waals surface area contributed by atoms with E-state index in [1.807, 2.05) is 0 Å². The number of thioether (sulfide) groups is 1. The van der Waals surface area contributed by atoms with Crippen molar-refractivity contribution in [3.8, 4) is 11.5 Å². The largest absolute Gasteiger partial charge is 0.411 e. The second-order valence-electron chi connectivity index (χ2n) is 4.62. The molecule has 0 saturated carbocycles. The minimum Gasteiger partial charge on any atom is -0.411 e. The normalized spacial score (nSPS) is 10.2. The maximum Gasteiger partial charge on any atom is 0.327 e. The van der Waals surface area contributed by atoms with E-state index in [0.29, 0.717) is 17.3 Å². The third kappa shape index (κ3) is 4.85. The van der Waals surface area contributed by atoms with Crippen molar-refractivity contribution in [3.63, 3.8) is 0 Å². The van der Waals surface area contributed by atoms with Crippen LogP contribution < -0.4 is 10.6 Å². The van der Waals surface area contributed by atoms with Gasteiger partial charge in [-0.25, -0.2) is 9.78 Å². The maximum atomic E-state index is 11.8. The summed E-state index contributed by atoms with van der Waals surface area (Å²) in [5, 5.41) is 12.6. The van der Waals surface area contributed by atoms with E-state index in [-0.39, 0.29) is 11.0 Å². The molecule has 3 heterocycles. The molecule has 0 spiro atoms. The monoisotopic (exact) mass is 356 g/mol. The van der Waals surface area contributed by atoms with Crippen LogP contribution in [0.1, 0.15) is 0 Å². The average Bonchev–Trinajstić information content (AvgIpc) is 3.10. The Labute approximate surface area is 146 Å². The average molecular weight is 356 g/mol. The molecule has 3 amide bonds. The summed E-state index contributed by atoms with van der Waals surface area (Å²) in [5.41, 5.74) is 0.682. The van der Waals surface area contributed by atoms with E-state index in [9.17, 15) is 9.59 Å². The molecule has 0 fully saturated rings. The Bertz CT molecular complexity index is 856. The number of amides is 3. The molecule has 9 nitrogen and oxygen atoms in total. The summed E-state index contributed by atoms with van der Waals surface area (Å²) in [7, 11) is 0. The number of imide groups is 1. The van der Waals surface area contributed by atoms with E-state index in [4.69, 9.17) is 4.42 Å². The van der Waals surface area contributed by atoms with Crippen LogP contribution in [0.15, 0.2) is 58.6 Å². The first-order valence-electron chi connectivity index (χ1n) is 7.09. The molecule has 2 N–H and O–H groups in total. The molecule has 3 rings (SSSR count). The number of nitrogens with zero attached hydrogens (tertiary/aromatic N) is 4. The second-order valence-corrected chi connectivity index (χ2v) is 5.55. The molecular weight excluding hydrogens is 344 g/mol. The third-order valence-corrected chi connectivity index (χ3v) is 3.62. The van der Waals surface area contributed by atoms with Crippen LogP contribution >= 0.6 is 11.8 Å². The molecule has 25 heavy (non-hydrogen) atoms. The molecule has 126 valence electrons. The molecule has 0 atom stereocenters. The zero-order valence-electron chi connectivity index (χ0n) is 12.7. The smallest absolute Gasteiger partial charge is 0.327 e. The van der Waals surface area contributed by atoms with Gasteiger partial charge in [0, 0.05) is 18.6 Å². The molecule has 3 aromatic heterocycles. The molecule has 0 aromatic carbocycles. The van der Waals surface area contributed by atoms with Crippen molar-refractivity contribution >= 4 is 29.5 Å². The number of aromatic nitrogens is 4. The lowest BCUT2D eigenvalue weighted by Gasteiger charge is -2.04. The summed E-state index contributed by atoms with van der Waals surface area (Å²) in [6.07, 6.45) is 4.76. The molecule has 0 radical (unpaired) electrons. The molecule has 0 saturated heterocycles. The van der Waals surface area contributed by atoms with Gasteiger partial charge in [-0.3, -0.25) is 20.4 Å². The highest BCUT2D eigenvalue weighted by molar-refractivity contribution is 7.99. The van der Waals surface area contributed by atoms with Crippen LogP contribution in [0.5, 0.6) is 0 Å². The van der Waals surface area contributed by atoms with Crippen molar-refractivity contribution in [2.24, 2.45) is 0 Å². The number of hydrogen-bond donors (Lipinski definition) is 2. The fourth-order valence-electron chi connectivity index (χ4n) is 1.75. The van der Waals surface area contributed by atoms with Crippen LogP contribution in [0.25, 0.3) is 11.5 Å². The quantitative estimate of drug-likeness (QED) is 0.665. The van der Waals surface area contributed by atoms with Crippen LogP contribution in [-0.4, -0.2) is 37.9 Å². The van der Waals surface area contributed by atoms with E-state index in [2.05, 4.69) is 30.8 Å². The van der Waals surface area contributed by atoms with Gasteiger partial charge in [0.2, 0.25) is 11.8 Å². The molecule has 0 aliphatic carbocycles. The summed E-state index contributed by atoms with van der Waals surface area (Å²) < 4.78 is 5.43. The molecule has 0 aliphatic heterocycles. The third-order valence-electron chi connectivity index (χ3n) is 2.80. The highest BCUT2D eigenvalue weighted by Crippen LogP contribution is 2.22. The first-order chi connectivity index (χ1) is 12.2. The Hall–Kier alpha value is -3.27. The predicted molar refractivity (Wildman–Crippen MR) is 89.7 cm³/mol. The Balaban J connectivity index is 1.48. The van der Waals surface area contributed by atoms with Gasteiger partial charge in [0.25, 0.3) is 5.22 Å². The van der Waals surface area contributed by atoms with E-state index in [0.717, 1.165) is 11.8 Å². The van der Waals surface area contributed by atoms with Crippen LogP contribution in [0.4, 0.5) is 10.6 Å². The fourth-order valence-corrected chi connectivity index (χ4v) is 2.31. The van der Waals surface area contributed by atoms with Gasteiger partial charge < -0.3 is 4.42 Å². The Kier molecular flexibility index (Phi) is 5.32. The van der Waals surface area contributed by atoms with Gasteiger partial charge >= 0.3 is 6.03 Å². The van der Waals surface area contributed by atoms with E-state index in [1.165, 1.54) is 6.20 Å². The number of pyridine rings is 2. The molecule has 0 bridgehead atoms. The van der Waals surface area contributed by atoms with Gasteiger partial charge in [0.1, 0.15) is 5.82 Å². The minimum atomic E-state index is -0.661. The van der Waals surface area contributed by atoms with Crippen molar-refractivity contribution in [3.05, 3.63) is 48.9 Å². The van der Waals surface area contributed by atoms with Crippen LogP contribution in [0, 0.1) is 0 Å². The zero-order chi connectivity index (χ0) is 17.5. The first kappa shape index (κ1) is 16.6. The summed E-state index contributed by atoms with van der Waals surface area (Å²) >= 11 is 1.02. The van der Waals surface area contributed by atoms with E-state index in [1.54, 1.807) is 42.7 Å². The van der Waals surface area contributed by atoms with Gasteiger partial charge in [0.05, 0.1) is 11.3 Å². The van der Waals surface area contributed by atoms with E-state index >= 15 is 0 Å². The van der Waals surface area contributed by atoms with Gasteiger partial charge in [-0.15, -0.1) is 10.2 Å². The first-order valence-corrected chi connectivity index (χ1v) is 8.08. The van der Waals surface area contributed by atoms with Crippen molar-refractivity contribution in [2.45, 2.75) is 5.22 Å². The standard InChI is InChI=1S/C15H12N6O3S/c22-12(19-14(23)18-11-5-1-2-7-17-11)9-25-15-21-20-13(24-15)10-4-3-6-16-8-10/h1-8H,9H2,(H2,17,18,19,22,23). The number of hydrogen-bond acceptors (Lipinski definition) is 8. The number of nitrogens with one attached hydrogen (secondary N) is 2. The minimum absolute atomic E-state index is 0.0513. The summed E-state index contributed by atoms with van der Waals surface area (Å²) in [6, 6.07) is 7.91. The maximum absolute atomic E-state index is 11.8. The fraction of sp³-hybridized carbons (Fsp3) is 0.0667. The number of carbonyl (C=O) groups excluding carboxylic acids is 2. The van der Waals surface area contributed by atoms with Crippen molar-refractivity contribution in [2.75, 3.05) is 11.1 Å². The molecule has 3 aromatic rings. The summed E-state index contributed by atoms with van der Waals surface area (Å²) in [5.74, 6) is 0.103. The van der Waals surface area contributed by atoms with E-state index < -0.39 is 11.9 Å². The predicted octanol–water partition coefficient (Wildman–Crippen LogP) is 1.97. The molecule has 10 heteroatoms. The van der Waals surface area contributed by atoms with Gasteiger partial charge in [-0.2, -0.15) is 0 Å². The van der Waals surface area contributed by atoms with Crippen LogP contribution in [-0.2, 0) is 4.79 Å². The topological polar surface area (TPSA) is 123 Å². The molecular formula is C15H12N6O3S. The number of urea groups is 1. The Morgan fingerprint density at radius 3 is 2.80 bits per heavy atom. The highest BCUT2D eigenvalue weighted by atomic mass is 32.2. The lowest BCUT2D eigenvalue weighted by atomic mass is 10.3. The highest BCUT2D eigenvalue weighted by Gasteiger charge is 2.13. The lowest BCUT2D eigenvalue weighted by molar-refractivity contribution is -0.117. The number of anilines is 1. The molecule has 0 unspecified atom stereocenters. The van der Waals surface area contributed by atoms with Crippen molar-refractivity contribution in [1.29, 1.82) is 0 Å². The SMILES string of the molecule is O=C(CSc1nnc(-c2cccnc2)o1)NC(=O)Nc1ccccn1.